The molecular weight excluding hydrogens is 347 g/mol. The lowest BCUT2D eigenvalue weighted by molar-refractivity contribution is -0.167. The van der Waals surface area contributed by atoms with Crippen LogP contribution in [-0.4, -0.2) is 24.0 Å². The fourth-order valence-corrected chi connectivity index (χ4v) is 5.94. The molecule has 0 aliphatic heterocycles. The monoisotopic (exact) mass is 376 g/mol. The molecule has 4 bridgehead atoms. The zero-order chi connectivity index (χ0) is 19.2. The number of ether oxygens (including phenoxy) is 2. The van der Waals surface area contributed by atoms with Gasteiger partial charge >= 0.3 is 5.97 Å². The van der Waals surface area contributed by atoms with Gasteiger partial charge in [0.05, 0.1) is 12.2 Å². The first-order valence-electron chi connectivity index (χ1n) is 10.1. The van der Waals surface area contributed by atoms with Crippen LogP contribution < -0.4 is 4.74 Å². The Labute approximate surface area is 160 Å². The van der Waals surface area contributed by atoms with Gasteiger partial charge in [-0.2, -0.15) is 0 Å². The number of hydrogen-bond donors (Lipinski definition) is 1. The first kappa shape index (κ1) is 18.7. The van der Waals surface area contributed by atoms with E-state index in [1.54, 1.807) is 0 Å². The van der Waals surface area contributed by atoms with Gasteiger partial charge in [-0.1, -0.05) is 13.8 Å². The van der Waals surface area contributed by atoms with E-state index in [4.69, 9.17) is 14.6 Å². The highest BCUT2D eigenvalue weighted by Gasteiger charge is 2.51. The Bertz CT molecular complexity index is 679. The Morgan fingerprint density at radius 3 is 2.30 bits per heavy atom. The van der Waals surface area contributed by atoms with Crippen molar-refractivity contribution in [3.8, 4) is 5.75 Å². The van der Waals surface area contributed by atoms with Crippen molar-refractivity contribution >= 4 is 5.97 Å². The summed E-state index contributed by atoms with van der Waals surface area (Å²) in [5.41, 5.74) is 0.266. The topological polar surface area (TPSA) is 55.8 Å². The third kappa shape index (κ3) is 3.84. The van der Waals surface area contributed by atoms with E-state index in [1.165, 1.54) is 50.7 Å². The molecule has 0 radical (unpaired) electrons. The van der Waals surface area contributed by atoms with Crippen LogP contribution >= 0.6 is 0 Å². The normalized spacial score (nSPS) is 32.7. The minimum atomic E-state index is -1.10. The van der Waals surface area contributed by atoms with Crippen LogP contribution in [0.4, 0.5) is 4.39 Å². The molecule has 1 aromatic rings. The number of carboxylic acid groups (broad SMARTS) is 1. The van der Waals surface area contributed by atoms with Gasteiger partial charge in [-0.05, 0) is 79.9 Å². The summed E-state index contributed by atoms with van der Waals surface area (Å²) >= 11 is 0. The van der Waals surface area contributed by atoms with Crippen molar-refractivity contribution in [3.63, 3.8) is 0 Å². The van der Waals surface area contributed by atoms with E-state index in [-0.39, 0.29) is 22.6 Å². The maximum absolute atomic E-state index is 14.1. The lowest BCUT2D eigenvalue weighted by atomic mass is 9.50. The van der Waals surface area contributed by atoms with E-state index in [1.807, 2.05) is 13.8 Å². The molecule has 4 aliphatic carbocycles. The van der Waals surface area contributed by atoms with E-state index in [0.29, 0.717) is 6.61 Å². The van der Waals surface area contributed by atoms with E-state index in [2.05, 4.69) is 0 Å². The molecule has 1 N–H and O–H groups in total. The molecule has 148 valence electrons. The summed E-state index contributed by atoms with van der Waals surface area (Å²) in [5.74, 6) is 0.860. The van der Waals surface area contributed by atoms with Crippen LogP contribution in [0.2, 0.25) is 0 Å². The maximum Gasteiger partial charge on any atom is 0.335 e. The first-order valence-corrected chi connectivity index (χ1v) is 10.1. The minimum absolute atomic E-state index is 0.00925. The lowest BCUT2D eigenvalue weighted by Crippen LogP contribution is -2.49. The summed E-state index contributed by atoms with van der Waals surface area (Å²) in [6, 6.07) is 3.61. The van der Waals surface area contributed by atoms with E-state index in [0.717, 1.165) is 23.8 Å². The zero-order valence-electron chi connectivity index (χ0n) is 16.1. The summed E-state index contributed by atoms with van der Waals surface area (Å²) in [4.78, 5) is 11.2. The second-order valence-electron chi connectivity index (χ2n) is 9.41. The summed E-state index contributed by atoms with van der Waals surface area (Å²) < 4.78 is 26.1. The van der Waals surface area contributed by atoms with Crippen molar-refractivity contribution in [3.05, 3.63) is 29.6 Å². The predicted octanol–water partition coefficient (Wildman–Crippen LogP) is 5.12. The van der Waals surface area contributed by atoms with Crippen molar-refractivity contribution in [2.45, 2.75) is 58.7 Å². The summed E-state index contributed by atoms with van der Waals surface area (Å²) in [7, 11) is 0. The molecule has 5 rings (SSSR count). The van der Waals surface area contributed by atoms with Crippen LogP contribution in [-0.2, 0) is 4.74 Å². The van der Waals surface area contributed by atoms with Crippen molar-refractivity contribution < 1.29 is 23.8 Å². The van der Waals surface area contributed by atoms with Gasteiger partial charge in [-0.25, -0.2) is 9.18 Å². The Morgan fingerprint density at radius 2 is 1.78 bits per heavy atom. The third-order valence-corrected chi connectivity index (χ3v) is 6.68. The Kier molecular flexibility index (Phi) is 4.91. The summed E-state index contributed by atoms with van der Waals surface area (Å²) in [6.45, 7) is 4.60. The van der Waals surface area contributed by atoms with E-state index < -0.39 is 18.1 Å². The van der Waals surface area contributed by atoms with Gasteiger partial charge in [0.15, 0.2) is 11.6 Å². The largest absolute Gasteiger partial charge is 0.478 e. The smallest absolute Gasteiger partial charge is 0.335 e. The molecule has 27 heavy (non-hydrogen) atoms. The SMILES string of the molecule is CC(C)C(OCC12CC3CC(CC(C3)C1)C2)Oc1cc(C(=O)O)ccc1F. The molecule has 0 heterocycles. The average Bonchev–Trinajstić information content (AvgIpc) is 2.58. The molecule has 1 unspecified atom stereocenters. The minimum Gasteiger partial charge on any atom is -0.478 e. The van der Waals surface area contributed by atoms with Crippen molar-refractivity contribution in [2.24, 2.45) is 29.1 Å². The highest BCUT2D eigenvalue weighted by atomic mass is 19.1. The Hall–Kier alpha value is -1.62. The number of benzene rings is 1. The van der Waals surface area contributed by atoms with Gasteiger partial charge < -0.3 is 14.6 Å². The van der Waals surface area contributed by atoms with Crippen LogP contribution in [0.15, 0.2) is 18.2 Å². The van der Waals surface area contributed by atoms with Gasteiger partial charge in [-0.15, -0.1) is 0 Å². The predicted molar refractivity (Wildman–Crippen MR) is 99.2 cm³/mol. The van der Waals surface area contributed by atoms with Crippen molar-refractivity contribution in [1.29, 1.82) is 0 Å². The molecule has 0 saturated heterocycles. The Balaban J connectivity index is 1.45. The summed E-state index contributed by atoms with van der Waals surface area (Å²) in [6.07, 6.45) is 7.30. The first-order chi connectivity index (χ1) is 12.8. The highest BCUT2D eigenvalue weighted by Crippen LogP contribution is 2.60. The van der Waals surface area contributed by atoms with Gasteiger partial charge in [0.1, 0.15) is 0 Å². The van der Waals surface area contributed by atoms with E-state index in [9.17, 15) is 9.18 Å². The molecule has 1 atom stereocenters. The number of aromatic carboxylic acids is 1. The molecule has 0 spiro atoms. The van der Waals surface area contributed by atoms with Crippen LogP contribution in [0.1, 0.15) is 62.7 Å². The second-order valence-corrected chi connectivity index (χ2v) is 9.41. The molecule has 0 aromatic heterocycles. The number of carbonyl (C=O) groups is 1. The maximum atomic E-state index is 14.1. The van der Waals surface area contributed by atoms with Gasteiger partial charge in [0, 0.05) is 5.92 Å². The number of carboxylic acids is 1. The van der Waals surface area contributed by atoms with Crippen LogP contribution in [0, 0.1) is 34.9 Å². The fourth-order valence-electron chi connectivity index (χ4n) is 5.94. The number of hydrogen-bond acceptors (Lipinski definition) is 3. The molecule has 4 saturated carbocycles. The molecular formula is C22H29FO4. The molecule has 0 amide bonds. The Morgan fingerprint density at radius 1 is 1.19 bits per heavy atom. The zero-order valence-corrected chi connectivity index (χ0v) is 16.1. The molecule has 4 fully saturated rings. The standard InChI is InChI=1S/C22H29FO4/c1-13(2)21(27-19-8-17(20(24)25)3-4-18(19)23)26-12-22-9-14-5-15(10-22)7-16(6-14)11-22/h3-4,8,13-16,21H,5-7,9-12H2,1-2H3,(H,24,25). The molecule has 1 aromatic carbocycles. The molecule has 4 nitrogen and oxygen atoms in total. The van der Waals surface area contributed by atoms with Crippen molar-refractivity contribution in [2.75, 3.05) is 6.61 Å². The van der Waals surface area contributed by atoms with Gasteiger partial charge in [0.25, 0.3) is 0 Å². The fraction of sp³-hybridized carbons (Fsp3) is 0.682. The van der Waals surface area contributed by atoms with E-state index >= 15 is 0 Å². The number of halogens is 1. The highest BCUT2D eigenvalue weighted by molar-refractivity contribution is 5.88. The van der Waals surface area contributed by atoms with Crippen LogP contribution in [0.25, 0.3) is 0 Å². The molecule has 5 heteroatoms. The van der Waals surface area contributed by atoms with Crippen LogP contribution in [0.3, 0.4) is 0 Å². The summed E-state index contributed by atoms with van der Waals surface area (Å²) in [5, 5.41) is 9.13. The quantitative estimate of drug-likeness (QED) is 0.671. The van der Waals surface area contributed by atoms with Gasteiger partial charge in [-0.3, -0.25) is 0 Å². The number of rotatable bonds is 7. The molecule has 4 aliphatic rings. The van der Waals surface area contributed by atoms with Crippen molar-refractivity contribution in [1.82, 2.24) is 0 Å². The lowest BCUT2D eigenvalue weighted by Gasteiger charge is -2.56. The third-order valence-electron chi connectivity index (χ3n) is 6.68. The average molecular weight is 376 g/mol. The van der Waals surface area contributed by atoms with Gasteiger partial charge in [0.2, 0.25) is 6.29 Å². The van der Waals surface area contributed by atoms with Crippen LogP contribution in [0.5, 0.6) is 5.75 Å². The second kappa shape index (κ2) is 7.08.